The molecule has 0 fully saturated rings. The van der Waals surface area contributed by atoms with E-state index in [4.69, 9.17) is 5.11 Å². The second kappa shape index (κ2) is 6.35. The van der Waals surface area contributed by atoms with Gasteiger partial charge in [-0.1, -0.05) is 0 Å². The Kier molecular flexibility index (Phi) is 5.28. The molecule has 6 heteroatoms. The van der Waals surface area contributed by atoms with E-state index in [1.165, 1.54) is 17.0 Å². The van der Waals surface area contributed by atoms with Gasteiger partial charge in [0.25, 0.3) is 5.91 Å². The first-order valence-corrected chi connectivity index (χ1v) is 6.91. The van der Waals surface area contributed by atoms with Crippen molar-refractivity contribution in [3.63, 3.8) is 0 Å². The lowest BCUT2D eigenvalue weighted by molar-refractivity contribution is -0.137. The van der Waals surface area contributed by atoms with Crippen LogP contribution < -0.4 is 0 Å². The minimum absolute atomic E-state index is 0.0701. The molecule has 0 bridgehead atoms. The van der Waals surface area contributed by atoms with E-state index in [1.807, 2.05) is 0 Å². The van der Waals surface area contributed by atoms with Crippen LogP contribution >= 0.6 is 15.9 Å². The zero-order chi connectivity index (χ0) is 15.5. The van der Waals surface area contributed by atoms with Gasteiger partial charge in [0.1, 0.15) is 5.82 Å². The van der Waals surface area contributed by atoms with Crippen LogP contribution in [0.2, 0.25) is 0 Å². The highest BCUT2D eigenvalue weighted by atomic mass is 79.9. The van der Waals surface area contributed by atoms with E-state index in [0.29, 0.717) is 4.47 Å². The predicted molar refractivity (Wildman–Crippen MR) is 77.1 cm³/mol. The summed E-state index contributed by atoms with van der Waals surface area (Å²) in [6.45, 7) is 5.49. The average Bonchev–Trinajstić information content (AvgIpc) is 2.30. The minimum atomic E-state index is -0.981. The van der Waals surface area contributed by atoms with Crippen molar-refractivity contribution in [2.24, 2.45) is 0 Å². The Morgan fingerprint density at radius 1 is 1.35 bits per heavy atom. The van der Waals surface area contributed by atoms with E-state index >= 15 is 0 Å². The summed E-state index contributed by atoms with van der Waals surface area (Å²) in [5, 5.41) is 8.77. The number of benzene rings is 1. The van der Waals surface area contributed by atoms with Crippen molar-refractivity contribution in [3.05, 3.63) is 34.1 Å². The van der Waals surface area contributed by atoms with E-state index in [0.717, 1.165) is 6.07 Å². The second-order valence-electron chi connectivity index (χ2n) is 5.40. The first-order valence-electron chi connectivity index (χ1n) is 6.11. The molecule has 0 atom stereocenters. The van der Waals surface area contributed by atoms with Crippen molar-refractivity contribution >= 4 is 27.8 Å². The molecule has 0 aliphatic carbocycles. The number of aliphatic carboxylic acids is 1. The van der Waals surface area contributed by atoms with Gasteiger partial charge >= 0.3 is 5.97 Å². The van der Waals surface area contributed by atoms with Crippen molar-refractivity contribution < 1.29 is 19.1 Å². The normalized spacial score (nSPS) is 11.2. The highest BCUT2D eigenvalue weighted by Crippen LogP contribution is 2.24. The third-order valence-corrected chi connectivity index (χ3v) is 3.45. The van der Waals surface area contributed by atoms with E-state index in [2.05, 4.69) is 15.9 Å². The van der Waals surface area contributed by atoms with Crippen LogP contribution in [0, 0.1) is 5.82 Å². The molecule has 0 spiro atoms. The molecule has 0 aliphatic heterocycles. The van der Waals surface area contributed by atoms with E-state index in [1.54, 1.807) is 20.8 Å². The fraction of sp³-hybridized carbons (Fsp3) is 0.429. The maximum Gasteiger partial charge on any atom is 0.305 e. The molecule has 20 heavy (non-hydrogen) atoms. The van der Waals surface area contributed by atoms with Crippen LogP contribution in [0.4, 0.5) is 4.39 Å². The van der Waals surface area contributed by atoms with Crippen LogP contribution in [0.3, 0.4) is 0 Å². The number of carbonyl (C=O) groups excluding carboxylic acids is 1. The Balaban J connectivity index is 3.10. The molecule has 4 nitrogen and oxygen atoms in total. The fourth-order valence-electron chi connectivity index (χ4n) is 1.76. The van der Waals surface area contributed by atoms with Crippen molar-refractivity contribution in [2.75, 3.05) is 6.54 Å². The summed E-state index contributed by atoms with van der Waals surface area (Å²) in [4.78, 5) is 24.6. The Morgan fingerprint density at radius 2 is 1.95 bits per heavy atom. The molecule has 0 aliphatic rings. The predicted octanol–water partition coefficient (Wildman–Crippen LogP) is 3.30. The van der Waals surface area contributed by atoms with Gasteiger partial charge in [0.2, 0.25) is 0 Å². The first-order chi connectivity index (χ1) is 9.12. The zero-order valence-corrected chi connectivity index (χ0v) is 13.2. The number of amides is 1. The van der Waals surface area contributed by atoms with Crippen molar-refractivity contribution in [1.29, 1.82) is 0 Å². The van der Waals surface area contributed by atoms with Gasteiger partial charge in [0.15, 0.2) is 0 Å². The standard InChI is InChI=1S/C14H17BrFNO3/c1-14(2,3)17(7-6-12(18)19)13(20)10-8-9(16)4-5-11(10)15/h4-5,8H,6-7H2,1-3H3,(H,18,19). The molecule has 0 saturated heterocycles. The average molecular weight is 346 g/mol. The summed E-state index contributed by atoms with van der Waals surface area (Å²) in [7, 11) is 0. The molecule has 1 rings (SSSR count). The number of nitrogens with zero attached hydrogens (tertiary/aromatic N) is 1. The topological polar surface area (TPSA) is 57.6 Å². The van der Waals surface area contributed by atoms with Gasteiger partial charge in [0, 0.05) is 16.6 Å². The third-order valence-electron chi connectivity index (χ3n) is 2.76. The Labute approximate surface area is 125 Å². The molecular formula is C14H17BrFNO3. The lowest BCUT2D eigenvalue weighted by Crippen LogP contribution is -2.46. The van der Waals surface area contributed by atoms with Crippen LogP contribution in [-0.2, 0) is 4.79 Å². The van der Waals surface area contributed by atoms with Crippen molar-refractivity contribution in [3.8, 4) is 0 Å². The number of halogens is 2. The van der Waals surface area contributed by atoms with E-state index in [-0.39, 0.29) is 18.5 Å². The molecule has 1 amide bonds. The number of hydrogen-bond acceptors (Lipinski definition) is 2. The summed E-state index contributed by atoms with van der Waals surface area (Å²) < 4.78 is 13.8. The maximum absolute atomic E-state index is 13.3. The SMILES string of the molecule is CC(C)(C)N(CCC(=O)O)C(=O)c1cc(F)ccc1Br. The molecule has 1 aromatic carbocycles. The molecule has 110 valence electrons. The minimum Gasteiger partial charge on any atom is -0.481 e. The molecule has 0 saturated carbocycles. The van der Waals surface area contributed by atoms with Gasteiger partial charge < -0.3 is 10.0 Å². The zero-order valence-electron chi connectivity index (χ0n) is 11.6. The van der Waals surface area contributed by atoms with Gasteiger partial charge in [-0.05, 0) is 54.9 Å². The summed E-state index contributed by atoms with van der Waals surface area (Å²) in [6.07, 6.45) is -0.157. The lowest BCUT2D eigenvalue weighted by atomic mass is 10.0. The lowest BCUT2D eigenvalue weighted by Gasteiger charge is -2.35. The smallest absolute Gasteiger partial charge is 0.305 e. The number of carboxylic acids is 1. The number of rotatable bonds is 4. The Morgan fingerprint density at radius 3 is 2.45 bits per heavy atom. The molecule has 0 radical (unpaired) electrons. The monoisotopic (exact) mass is 345 g/mol. The Hall–Kier alpha value is -1.43. The van der Waals surface area contributed by atoms with Gasteiger partial charge in [-0.15, -0.1) is 0 Å². The highest BCUT2D eigenvalue weighted by Gasteiger charge is 2.29. The highest BCUT2D eigenvalue weighted by molar-refractivity contribution is 9.10. The fourth-order valence-corrected chi connectivity index (χ4v) is 2.17. The Bertz CT molecular complexity index is 526. The van der Waals surface area contributed by atoms with Gasteiger partial charge in [-0.2, -0.15) is 0 Å². The molecular weight excluding hydrogens is 329 g/mol. The van der Waals surface area contributed by atoms with Crippen LogP contribution in [0.1, 0.15) is 37.6 Å². The second-order valence-corrected chi connectivity index (χ2v) is 6.25. The molecule has 0 unspecified atom stereocenters. The van der Waals surface area contributed by atoms with Gasteiger partial charge in [-0.25, -0.2) is 4.39 Å². The number of hydrogen-bond donors (Lipinski definition) is 1. The van der Waals surface area contributed by atoms with Crippen LogP contribution in [0.15, 0.2) is 22.7 Å². The number of carboxylic acid groups (broad SMARTS) is 1. The third kappa shape index (κ3) is 4.30. The quantitative estimate of drug-likeness (QED) is 0.910. The van der Waals surface area contributed by atoms with E-state index < -0.39 is 23.2 Å². The molecule has 0 heterocycles. The molecule has 0 aromatic heterocycles. The van der Waals surface area contributed by atoms with E-state index in [9.17, 15) is 14.0 Å². The van der Waals surface area contributed by atoms with Crippen molar-refractivity contribution in [1.82, 2.24) is 4.90 Å². The van der Waals surface area contributed by atoms with Gasteiger partial charge in [-0.3, -0.25) is 9.59 Å². The summed E-state index contributed by atoms with van der Waals surface area (Å²) in [6, 6.07) is 3.85. The summed E-state index contributed by atoms with van der Waals surface area (Å²) in [5.74, 6) is -1.89. The van der Waals surface area contributed by atoms with Crippen LogP contribution in [0.5, 0.6) is 0 Å². The summed E-state index contributed by atoms with van der Waals surface area (Å²) in [5.41, 5.74) is -0.372. The maximum atomic E-state index is 13.3. The largest absolute Gasteiger partial charge is 0.481 e. The van der Waals surface area contributed by atoms with Crippen LogP contribution in [-0.4, -0.2) is 34.0 Å². The first kappa shape index (κ1) is 16.6. The van der Waals surface area contributed by atoms with Crippen molar-refractivity contribution in [2.45, 2.75) is 32.7 Å². The number of carbonyl (C=O) groups is 2. The van der Waals surface area contributed by atoms with Gasteiger partial charge in [0.05, 0.1) is 12.0 Å². The summed E-state index contributed by atoms with van der Waals surface area (Å²) >= 11 is 3.22. The van der Waals surface area contributed by atoms with Crippen LogP contribution in [0.25, 0.3) is 0 Å². The molecule has 1 N–H and O–H groups in total. The molecule has 1 aromatic rings.